The van der Waals surface area contributed by atoms with Gasteiger partial charge in [-0.15, -0.1) is 0 Å². The highest BCUT2D eigenvalue weighted by molar-refractivity contribution is 5.76. The van der Waals surface area contributed by atoms with Crippen LogP contribution in [0.25, 0.3) is 0 Å². The summed E-state index contributed by atoms with van der Waals surface area (Å²) in [6.45, 7) is 4.39. The summed E-state index contributed by atoms with van der Waals surface area (Å²) >= 11 is 0. The Labute approximate surface area is 557 Å². The molecule has 1 heterocycles. The summed E-state index contributed by atoms with van der Waals surface area (Å²) in [6, 6.07) is -0.804. The molecule has 534 valence electrons. The molecule has 1 aliphatic heterocycles. The quantitative estimate of drug-likeness (QED) is 0.0195. The number of aliphatic hydroxyl groups excluding tert-OH is 5. The maximum absolute atomic E-state index is 13.0. The minimum Gasteiger partial charge on any atom is -0.466 e. The van der Waals surface area contributed by atoms with E-state index in [0.29, 0.717) is 19.4 Å². The Morgan fingerprint density at radius 2 is 0.700 bits per heavy atom. The predicted molar refractivity (Wildman–Crippen MR) is 380 cm³/mol. The van der Waals surface area contributed by atoms with Gasteiger partial charge in [0.2, 0.25) is 5.91 Å². The number of nitrogens with one attached hydrogen (secondary N) is 1. The second kappa shape index (κ2) is 68.8. The van der Waals surface area contributed by atoms with Gasteiger partial charge >= 0.3 is 5.97 Å². The lowest BCUT2D eigenvalue weighted by Gasteiger charge is -2.40. The average molecular weight is 1280 g/mol. The molecule has 7 atom stereocenters. The fourth-order valence-electron chi connectivity index (χ4n) is 13.1. The molecular weight excluding hydrogens is 1120 g/mol. The molecule has 7 unspecified atom stereocenters. The number of carbonyl (C=O) groups is 2. The zero-order valence-electron chi connectivity index (χ0n) is 59.6. The highest BCUT2D eigenvalue weighted by atomic mass is 16.7. The molecule has 0 aromatic rings. The second-order valence-electron chi connectivity index (χ2n) is 28.1. The van der Waals surface area contributed by atoms with E-state index in [1.807, 2.05) is 6.08 Å². The first-order chi connectivity index (χ1) is 44.2. The van der Waals surface area contributed by atoms with Crippen molar-refractivity contribution >= 4 is 11.9 Å². The molecule has 0 aromatic carbocycles. The summed E-state index contributed by atoms with van der Waals surface area (Å²) in [5, 5.41) is 54.4. The Morgan fingerprint density at radius 3 is 1.03 bits per heavy atom. The first-order valence-corrected chi connectivity index (χ1v) is 40.0. The summed E-state index contributed by atoms with van der Waals surface area (Å²) in [5.74, 6) is -0.154. The third-order valence-electron chi connectivity index (χ3n) is 19.4. The van der Waals surface area contributed by atoms with Crippen molar-refractivity contribution in [1.82, 2.24) is 5.32 Å². The molecule has 11 heteroatoms. The molecule has 0 aliphatic carbocycles. The number of allylic oxidation sites excluding steroid dienone is 1. The normalized spacial score (nSPS) is 17.6. The van der Waals surface area contributed by atoms with Crippen molar-refractivity contribution in [1.29, 1.82) is 0 Å². The molecule has 1 saturated heterocycles. The third kappa shape index (κ3) is 56.7. The van der Waals surface area contributed by atoms with Gasteiger partial charge in [0, 0.05) is 12.8 Å². The summed E-state index contributed by atoms with van der Waals surface area (Å²) in [4.78, 5) is 25.2. The van der Waals surface area contributed by atoms with Crippen LogP contribution in [-0.2, 0) is 23.8 Å². The molecule has 6 N–H and O–H groups in total. The van der Waals surface area contributed by atoms with Crippen molar-refractivity contribution in [2.24, 2.45) is 0 Å². The number of hydrogen-bond acceptors (Lipinski definition) is 10. The lowest BCUT2D eigenvalue weighted by molar-refractivity contribution is -0.302. The zero-order valence-corrected chi connectivity index (χ0v) is 59.6. The number of rotatable bonds is 72. The van der Waals surface area contributed by atoms with Crippen LogP contribution in [0.5, 0.6) is 0 Å². The van der Waals surface area contributed by atoms with Gasteiger partial charge in [-0.2, -0.15) is 0 Å². The van der Waals surface area contributed by atoms with Crippen molar-refractivity contribution in [2.45, 2.75) is 461 Å². The molecule has 1 aliphatic rings. The Morgan fingerprint density at radius 1 is 0.400 bits per heavy atom. The van der Waals surface area contributed by atoms with Gasteiger partial charge in [-0.05, 0) is 32.1 Å². The van der Waals surface area contributed by atoms with Gasteiger partial charge in [-0.3, -0.25) is 9.59 Å². The maximum atomic E-state index is 13.0. The van der Waals surface area contributed by atoms with E-state index >= 15 is 0 Å². The van der Waals surface area contributed by atoms with Gasteiger partial charge < -0.3 is 45.1 Å². The Kier molecular flexibility index (Phi) is 66.0. The molecule has 1 fully saturated rings. The van der Waals surface area contributed by atoms with Crippen LogP contribution in [0.4, 0.5) is 0 Å². The van der Waals surface area contributed by atoms with Crippen molar-refractivity contribution in [3.63, 3.8) is 0 Å². The van der Waals surface area contributed by atoms with Gasteiger partial charge in [0.25, 0.3) is 0 Å². The van der Waals surface area contributed by atoms with Gasteiger partial charge in [-0.25, -0.2) is 0 Å². The van der Waals surface area contributed by atoms with E-state index in [9.17, 15) is 35.1 Å². The van der Waals surface area contributed by atoms with Crippen molar-refractivity contribution < 1.29 is 49.3 Å². The number of hydrogen-bond donors (Lipinski definition) is 6. The van der Waals surface area contributed by atoms with E-state index in [1.165, 1.54) is 340 Å². The number of unbranched alkanes of at least 4 members (excludes halogenated alkanes) is 58. The molecule has 11 nitrogen and oxygen atoms in total. The standard InChI is InChI=1S/C79H153NO10/c1-3-5-7-9-11-13-15-16-17-37-41-44-47-51-55-59-63-67-75(84)88-68-64-60-56-52-48-45-42-39-36-34-32-30-28-26-24-22-20-18-19-21-23-25-27-29-31-33-35-38-40-43-46-50-54-58-62-66-74(83)80-71(70-89-79-78(87)77(86)76(85)73(69-81)90-79)72(82)65-61-57-53-49-14-12-10-8-6-4-2/h61,65,71-73,76-79,81-82,85-87H,3-60,62-64,66-70H2,1-2H3,(H,80,83)/b65-61+. The minimum atomic E-state index is -1.57. The molecule has 0 radical (unpaired) electrons. The lowest BCUT2D eigenvalue weighted by Crippen LogP contribution is -2.60. The van der Waals surface area contributed by atoms with Crippen LogP contribution < -0.4 is 5.32 Å². The summed E-state index contributed by atoms with van der Waals surface area (Å²) in [5.41, 5.74) is 0. The molecule has 1 rings (SSSR count). The third-order valence-corrected chi connectivity index (χ3v) is 19.4. The first-order valence-electron chi connectivity index (χ1n) is 40.0. The molecule has 0 aromatic heterocycles. The van der Waals surface area contributed by atoms with Crippen molar-refractivity contribution in [3.8, 4) is 0 Å². The molecule has 1 amide bonds. The number of aliphatic hydroxyl groups is 5. The van der Waals surface area contributed by atoms with E-state index in [2.05, 4.69) is 19.2 Å². The SMILES string of the molecule is CCCCCCCCCC/C=C/C(O)C(COC1OC(CO)C(O)C(O)C1O)NC(=O)CCCCCCCCCCCCCCCCCCCCCCCCCCCCCCCCCCCCCOC(=O)CCCCCCCCCCCCCCCCCCC. The largest absolute Gasteiger partial charge is 0.466 e. The highest BCUT2D eigenvalue weighted by Gasteiger charge is 2.44. The van der Waals surface area contributed by atoms with Crippen LogP contribution in [0.1, 0.15) is 418 Å². The molecule has 90 heavy (non-hydrogen) atoms. The van der Waals surface area contributed by atoms with Crippen LogP contribution in [0.15, 0.2) is 12.2 Å². The second-order valence-corrected chi connectivity index (χ2v) is 28.1. The Balaban J connectivity index is 1.85. The molecular formula is C79H153NO10. The Hall–Kier alpha value is -1.60. The summed E-state index contributed by atoms with van der Waals surface area (Å²) < 4.78 is 16.8. The Bertz CT molecular complexity index is 1500. The van der Waals surface area contributed by atoms with Gasteiger partial charge in [-0.1, -0.05) is 386 Å². The van der Waals surface area contributed by atoms with E-state index in [-0.39, 0.29) is 18.5 Å². The number of ether oxygens (including phenoxy) is 3. The van der Waals surface area contributed by atoms with E-state index in [4.69, 9.17) is 14.2 Å². The summed E-state index contributed by atoms with van der Waals surface area (Å²) in [6.07, 6.45) is 76.9. The van der Waals surface area contributed by atoms with Crippen LogP contribution in [0, 0.1) is 0 Å². The average Bonchev–Trinajstić information content (AvgIpc) is 1.78. The molecule has 0 spiro atoms. The number of esters is 1. The van der Waals surface area contributed by atoms with Gasteiger partial charge in [0.1, 0.15) is 24.4 Å². The van der Waals surface area contributed by atoms with Gasteiger partial charge in [0.05, 0.1) is 32.0 Å². The van der Waals surface area contributed by atoms with Gasteiger partial charge in [0.15, 0.2) is 6.29 Å². The summed E-state index contributed by atoms with van der Waals surface area (Å²) in [7, 11) is 0. The monoisotopic (exact) mass is 1280 g/mol. The first kappa shape index (κ1) is 86.4. The van der Waals surface area contributed by atoms with E-state index in [0.717, 1.165) is 51.4 Å². The van der Waals surface area contributed by atoms with Crippen LogP contribution in [-0.4, -0.2) is 100 Å². The van der Waals surface area contributed by atoms with Crippen LogP contribution in [0.2, 0.25) is 0 Å². The van der Waals surface area contributed by atoms with Crippen LogP contribution in [0.3, 0.4) is 0 Å². The van der Waals surface area contributed by atoms with E-state index < -0.39 is 49.5 Å². The minimum absolute atomic E-state index is 0.0210. The highest BCUT2D eigenvalue weighted by Crippen LogP contribution is 2.24. The van der Waals surface area contributed by atoms with E-state index in [1.54, 1.807) is 6.08 Å². The molecule has 0 saturated carbocycles. The van der Waals surface area contributed by atoms with Crippen molar-refractivity contribution in [3.05, 3.63) is 12.2 Å². The maximum Gasteiger partial charge on any atom is 0.305 e. The topological polar surface area (TPSA) is 175 Å². The van der Waals surface area contributed by atoms with Crippen LogP contribution >= 0.6 is 0 Å². The fourth-order valence-corrected chi connectivity index (χ4v) is 13.1. The zero-order chi connectivity index (χ0) is 65.1. The fraction of sp³-hybridized carbons (Fsp3) is 0.949. The van der Waals surface area contributed by atoms with Crippen molar-refractivity contribution in [2.75, 3.05) is 19.8 Å². The predicted octanol–water partition coefficient (Wildman–Crippen LogP) is 21.4. The lowest BCUT2D eigenvalue weighted by atomic mass is 9.99. The molecule has 0 bridgehead atoms. The number of amides is 1. The number of carbonyl (C=O) groups excluding carboxylic acids is 2. The smallest absolute Gasteiger partial charge is 0.305 e.